The maximum atomic E-state index is 13.9. The van der Waals surface area contributed by atoms with Gasteiger partial charge in [0.2, 0.25) is 0 Å². The van der Waals surface area contributed by atoms with Crippen molar-refractivity contribution in [3.05, 3.63) is 12.2 Å². The van der Waals surface area contributed by atoms with Crippen LogP contribution in [-0.4, -0.2) is 34.0 Å². The third kappa shape index (κ3) is 2.53. The van der Waals surface area contributed by atoms with Crippen LogP contribution in [0.3, 0.4) is 0 Å². The number of aromatic nitrogens is 3. The predicted molar refractivity (Wildman–Crippen MR) is 55.2 cm³/mol. The van der Waals surface area contributed by atoms with Gasteiger partial charge in [-0.1, -0.05) is 0 Å². The Balaban J connectivity index is 1.91. The minimum absolute atomic E-state index is 0.135. The number of hydrogen-bond donors (Lipinski definition) is 1. The van der Waals surface area contributed by atoms with Gasteiger partial charge in [0.05, 0.1) is 0 Å². The fourth-order valence-corrected chi connectivity index (χ4v) is 2.03. The molecule has 5 heteroatoms. The molecule has 1 aromatic rings. The van der Waals surface area contributed by atoms with Crippen molar-refractivity contribution in [1.82, 2.24) is 20.1 Å². The Morgan fingerprint density at radius 1 is 1.73 bits per heavy atom. The molecule has 2 atom stereocenters. The summed E-state index contributed by atoms with van der Waals surface area (Å²) in [7, 11) is 1.80. The Morgan fingerprint density at radius 3 is 3.20 bits per heavy atom. The van der Waals surface area contributed by atoms with Gasteiger partial charge in [-0.25, -0.2) is 9.37 Å². The first kappa shape index (κ1) is 10.5. The van der Waals surface area contributed by atoms with Gasteiger partial charge in [-0.2, -0.15) is 5.10 Å². The highest BCUT2D eigenvalue weighted by Crippen LogP contribution is 2.19. The van der Waals surface area contributed by atoms with Crippen LogP contribution in [0, 0.1) is 5.92 Å². The zero-order valence-electron chi connectivity index (χ0n) is 8.99. The minimum Gasteiger partial charge on any atom is -0.316 e. The van der Waals surface area contributed by atoms with Crippen LogP contribution in [0.15, 0.2) is 6.33 Å². The van der Waals surface area contributed by atoms with Gasteiger partial charge in [0.1, 0.15) is 18.3 Å². The summed E-state index contributed by atoms with van der Waals surface area (Å²) in [4.78, 5) is 4.04. The molecule has 0 saturated carbocycles. The van der Waals surface area contributed by atoms with Crippen molar-refractivity contribution in [1.29, 1.82) is 0 Å². The van der Waals surface area contributed by atoms with Crippen LogP contribution >= 0.6 is 0 Å². The van der Waals surface area contributed by atoms with Gasteiger partial charge in [-0.3, -0.25) is 4.68 Å². The molecule has 0 amide bonds. The van der Waals surface area contributed by atoms with Crippen molar-refractivity contribution >= 4 is 0 Å². The highest BCUT2D eigenvalue weighted by molar-refractivity contribution is 4.89. The summed E-state index contributed by atoms with van der Waals surface area (Å²) in [6.07, 6.45) is 3.10. The minimum atomic E-state index is -0.805. The van der Waals surface area contributed by atoms with Crippen molar-refractivity contribution in [2.24, 2.45) is 13.0 Å². The number of alkyl halides is 1. The van der Waals surface area contributed by atoms with Crippen molar-refractivity contribution in [2.45, 2.75) is 25.4 Å². The van der Waals surface area contributed by atoms with E-state index in [0.29, 0.717) is 6.42 Å². The van der Waals surface area contributed by atoms with E-state index in [1.165, 1.54) is 6.33 Å². The molecule has 1 saturated heterocycles. The molecule has 2 rings (SSSR count). The molecule has 0 aliphatic carbocycles. The van der Waals surface area contributed by atoms with E-state index < -0.39 is 6.17 Å². The number of aryl methyl sites for hydroxylation is 1. The highest BCUT2D eigenvalue weighted by Gasteiger charge is 2.24. The molecule has 84 valence electrons. The SMILES string of the molecule is Cn1ncnc1CC(F)C1CCCNC1. The van der Waals surface area contributed by atoms with E-state index in [9.17, 15) is 4.39 Å². The quantitative estimate of drug-likeness (QED) is 0.802. The van der Waals surface area contributed by atoms with Crippen LogP contribution in [0.1, 0.15) is 18.7 Å². The zero-order valence-corrected chi connectivity index (χ0v) is 8.99. The molecule has 0 spiro atoms. The first-order valence-corrected chi connectivity index (χ1v) is 5.45. The molecular formula is C10H17FN4. The Labute approximate surface area is 88.9 Å². The summed E-state index contributed by atoms with van der Waals surface area (Å²) < 4.78 is 15.6. The molecule has 15 heavy (non-hydrogen) atoms. The molecule has 1 fully saturated rings. The maximum Gasteiger partial charge on any atom is 0.138 e. The van der Waals surface area contributed by atoms with Crippen LogP contribution < -0.4 is 5.32 Å². The second kappa shape index (κ2) is 4.70. The molecule has 2 heterocycles. The Morgan fingerprint density at radius 2 is 2.60 bits per heavy atom. The van der Waals surface area contributed by atoms with E-state index >= 15 is 0 Å². The van der Waals surface area contributed by atoms with E-state index in [1.807, 2.05) is 0 Å². The van der Waals surface area contributed by atoms with Gasteiger partial charge in [0.25, 0.3) is 0 Å². The van der Waals surface area contributed by atoms with Gasteiger partial charge < -0.3 is 5.32 Å². The lowest BCUT2D eigenvalue weighted by atomic mass is 9.93. The molecule has 1 aliphatic heterocycles. The van der Waals surface area contributed by atoms with E-state index in [1.54, 1.807) is 11.7 Å². The van der Waals surface area contributed by atoms with Gasteiger partial charge in [-0.05, 0) is 19.4 Å². The second-order valence-electron chi connectivity index (χ2n) is 4.13. The fraction of sp³-hybridized carbons (Fsp3) is 0.800. The number of hydrogen-bond acceptors (Lipinski definition) is 3. The first-order valence-electron chi connectivity index (χ1n) is 5.45. The standard InChI is InChI=1S/C10H17FN4/c1-15-10(13-7-14-15)5-9(11)8-3-2-4-12-6-8/h7-9,12H,2-6H2,1H3. The molecule has 1 aliphatic rings. The summed E-state index contributed by atoms with van der Waals surface area (Å²) in [5, 5.41) is 7.17. The summed E-state index contributed by atoms with van der Waals surface area (Å²) in [6, 6.07) is 0. The average Bonchev–Trinajstić information content (AvgIpc) is 2.66. The smallest absolute Gasteiger partial charge is 0.138 e. The van der Waals surface area contributed by atoms with Crippen molar-refractivity contribution in [3.8, 4) is 0 Å². The van der Waals surface area contributed by atoms with E-state index in [-0.39, 0.29) is 5.92 Å². The maximum absolute atomic E-state index is 13.9. The van der Waals surface area contributed by atoms with Gasteiger partial charge in [-0.15, -0.1) is 0 Å². The lowest BCUT2D eigenvalue weighted by molar-refractivity contribution is 0.187. The molecule has 0 aromatic carbocycles. The van der Waals surface area contributed by atoms with Crippen LogP contribution in [0.5, 0.6) is 0 Å². The zero-order chi connectivity index (χ0) is 10.7. The van der Waals surface area contributed by atoms with Gasteiger partial charge in [0, 0.05) is 25.9 Å². The Hall–Kier alpha value is -0.970. The molecular weight excluding hydrogens is 195 g/mol. The van der Waals surface area contributed by atoms with Crippen molar-refractivity contribution in [2.75, 3.05) is 13.1 Å². The van der Waals surface area contributed by atoms with Crippen LogP contribution in [0.4, 0.5) is 4.39 Å². The molecule has 2 unspecified atom stereocenters. The molecule has 0 bridgehead atoms. The molecule has 0 radical (unpaired) electrons. The fourth-order valence-electron chi connectivity index (χ4n) is 2.03. The van der Waals surface area contributed by atoms with Crippen molar-refractivity contribution in [3.63, 3.8) is 0 Å². The number of nitrogens with zero attached hydrogens (tertiary/aromatic N) is 3. The lowest BCUT2D eigenvalue weighted by Gasteiger charge is -2.25. The van der Waals surface area contributed by atoms with E-state index in [4.69, 9.17) is 0 Å². The van der Waals surface area contributed by atoms with E-state index in [2.05, 4.69) is 15.4 Å². The molecule has 1 N–H and O–H groups in total. The van der Waals surface area contributed by atoms with Crippen LogP contribution in [-0.2, 0) is 13.5 Å². The molecule has 4 nitrogen and oxygen atoms in total. The van der Waals surface area contributed by atoms with Crippen LogP contribution in [0.25, 0.3) is 0 Å². The lowest BCUT2D eigenvalue weighted by Crippen LogP contribution is -2.36. The Kier molecular flexibility index (Phi) is 3.30. The molecule has 1 aromatic heterocycles. The summed E-state index contributed by atoms with van der Waals surface area (Å²) in [5.74, 6) is 0.864. The van der Waals surface area contributed by atoms with Gasteiger partial charge >= 0.3 is 0 Å². The summed E-state index contributed by atoms with van der Waals surface area (Å²) in [6.45, 7) is 1.81. The third-order valence-electron chi connectivity index (χ3n) is 3.03. The Bertz CT molecular complexity index is 306. The average molecular weight is 212 g/mol. The third-order valence-corrected chi connectivity index (χ3v) is 3.03. The van der Waals surface area contributed by atoms with Gasteiger partial charge in [0.15, 0.2) is 0 Å². The highest BCUT2D eigenvalue weighted by atomic mass is 19.1. The number of piperidine rings is 1. The summed E-state index contributed by atoms with van der Waals surface area (Å²) >= 11 is 0. The number of halogens is 1. The predicted octanol–water partition coefficient (Wildman–Crippen LogP) is 0.695. The second-order valence-corrected chi connectivity index (χ2v) is 4.13. The first-order chi connectivity index (χ1) is 7.27. The topological polar surface area (TPSA) is 42.7 Å². The number of nitrogens with one attached hydrogen (secondary N) is 1. The normalized spacial score (nSPS) is 24.0. The number of rotatable bonds is 3. The van der Waals surface area contributed by atoms with Crippen molar-refractivity contribution < 1.29 is 4.39 Å². The van der Waals surface area contributed by atoms with E-state index in [0.717, 1.165) is 31.8 Å². The summed E-state index contributed by atoms with van der Waals surface area (Å²) in [5.41, 5.74) is 0. The largest absolute Gasteiger partial charge is 0.316 e. The van der Waals surface area contributed by atoms with Crippen LogP contribution in [0.2, 0.25) is 0 Å². The monoisotopic (exact) mass is 212 g/mol.